The van der Waals surface area contributed by atoms with Crippen LogP contribution in [-0.4, -0.2) is 82.3 Å². The first-order valence-electron chi connectivity index (χ1n) is 24.4. The van der Waals surface area contributed by atoms with Crippen LogP contribution in [0.25, 0.3) is 0 Å². The monoisotopic (exact) mass is 1080 g/mol. The summed E-state index contributed by atoms with van der Waals surface area (Å²) in [6.07, 6.45) is 1.32. The van der Waals surface area contributed by atoms with Crippen LogP contribution in [0.4, 0.5) is 15.6 Å². The summed E-state index contributed by atoms with van der Waals surface area (Å²) >= 11 is 2.57. The van der Waals surface area contributed by atoms with E-state index in [0.29, 0.717) is 21.8 Å². The van der Waals surface area contributed by atoms with Gasteiger partial charge >= 0.3 is 24.0 Å². The van der Waals surface area contributed by atoms with E-state index >= 15 is 0 Å². The maximum atomic E-state index is 14.7. The maximum Gasteiger partial charge on any atom is 0.411 e. The van der Waals surface area contributed by atoms with Crippen molar-refractivity contribution in [2.24, 2.45) is 5.16 Å². The Morgan fingerprint density at radius 2 is 1.31 bits per heavy atom. The lowest BCUT2D eigenvalue weighted by Crippen LogP contribution is -2.71. The normalized spacial score (nSPS) is 15.2. The predicted octanol–water partition coefficient (Wildman–Crippen LogP) is 9.54. The van der Waals surface area contributed by atoms with Gasteiger partial charge in [0.05, 0.1) is 0 Å². The van der Waals surface area contributed by atoms with Gasteiger partial charge in [0.1, 0.15) is 42.1 Å². The number of carbonyl (C=O) groups is 6. The molecule has 0 bridgehead atoms. The van der Waals surface area contributed by atoms with E-state index in [0.717, 1.165) is 16.7 Å². The van der Waals surface area contributed by atoms with Gasteiger partial charge in [0.2, 0.25) is 0 Å². The van der Waals surface area contributed by atoms with Crippen molar-refractivity contribution in [2.45, 2.75) is 36.9 Å². The zero-order valence-electron chi connectivity index (χ0n) is 42.2. The molecular formula is C59H50N6O11S2. The van der Waals surface area contributed by atoms with Crippen molar-refractivity contribution in [3.63, 3.8) is 0 Å². The van der Waals surface area contributed by atoms with Gasteiger partial charge in [0.25, 0.3) is 11.8 Å². The highest BCUT2D eigenvalue weighted by atomic mass is 32.2. The minimum Gasteiger partial charge on any atom is -0.448 e. The Labute approximate surface area is 456 Å². The van der Waals surface area contributed by atoms with Crippen molar-refractivity contribution in [3.05, 3.63) is 232 Å². The molecule has 7 aromatic rings. The van der Waals surface area contributed by atoms with Gasteiger partial charge in [0.15, 0.2) is 28.4 Å². The molecule has 3 amide bonds. The number of aromatic nitrogens is 1. The standard InChI is InChI=1S/C59H50N6O11S2/c1-37(66)74-47-32-31-45(34-48(47)75-38(2)67)60-58(71)73-33-19-24-41-35-77-55-50(54(69)65(55)51(41)56(70)76-52(39-20-9-4-10-21-39)40-22-11-5-12-23-40)62-53(68)49(64-72-3)46-36-78-57(61-46)63-59(42-25-13-6-14-26-42,43-27-15-7-16-28-43)44-29-17-8-18-30-44/h4-32,34,36,50,52,55H,33,35H2,1-3H3,(H,60,71)(H,61,63)(H,62,68)/b24-19+,64-49?/t50?,55-/m0/s1. The van der Waals surface area contributed by atoms with E-state index in [1.54, 1.807) is 11.5 Å². The van der Waals surface area contributed by atoms with Crippen LogP contribution in [0.15, 0.2) is 204 Å². The maximum absolute atomic E-state index is 14.7. The summed E-state index contributed by atoms with van der Waals surface area (Å²) in [5.74, 6) is -3.40. The number of thiazole rings is 1. The molecule has 3 N–H and O–H groups in total. The fraction of sp³-hybridized carbons (Fsp3) is 0.153. The fourth-order valence-electron chi connectivity index (χ4n) is 8.92. The Balaban J connectivity index is 0.954. The number of ether oxygens (including phenoxy) is 4. The number of thioether (sulfide) groups is 1. The van der Waals surface area contributed by atoms with Crippen molar-refractivity contribution in [1.82, 2.24) is 15.2 Å². The van der Waals surface area contributed by atoms with E-state index in [2.05, 4.69) is 21.1 Å². The van der Waals surface area contributed by atoms with E-state index in [1.165, 1.54) is 73.2 Å². The third-order valence-corrected chi connectivity index (χ3v) is 14.4. The molecule has 2 aliphatic heterocycles. The number of fused-ring (bicyclic) bond motifs is 1. The molecule has 9 rings (SSSR count). The predicted molar refractivity (Wildman–Crippen MR) is 295 cm³/mol. The topological polar surface area (TPSA) is 213 Å². The quantitative estimate of drug-likeness (QED) is 0.0172. The molecule has 394 valence electrons. The second-order valence-electron chi connectivity index (χ2n) is 17.4. The smallest absolute Gasteiger partial charge is 0.411 e. The minimum atomic E-state index is -1.11. The van der Waals surface area contributed by atoms with E-state index in [-0.39, 0.29) is 46.6 Å². The van der Waals surface area contributed by atoms with Crippen LogP contribution in [0.3, 0.4) is 0 Å². The van der Waals surface area contributed by atoms with Crippen LogP contribution in [0.5, 0.6) is 11.5 Å². The molecule has 1 fully saturated rings. The number of nitrogens with one attached hydrogen (secondary N) is 3. The summed E-state index contributed by atoms with van der Waals surface area (Å²) in [6, 6.07) is 51.3. The molecule has 2 atom stereocenters. The van der Waals surface area contributed by atoms with Gasteiger partial charge in [-0.15, -0.1) is 23.1 Å². The number of anilines is 2. The average Bonchev–Trinajstić information content (AvgIpc) is 4.03. The van der Waals surface area contributed by atoms with E-state index in [9.17, 15) is 28.8 Å². The zero-order valence-corrected chi connectivity index (χ0v) is 43.8. The first kappa shape index (κ1) is 53.5. The minimum absolute atomic E-state index is 0.0278. The van der Waals surface area contributed by atoms with Gasteiger partial charge in [-0.2, -0.15) is 0 Å². The molecule has 2 aliphatic rings. The molecule has 19 heteroatoms. The summed E-state index contributed by atoms with van der Waals surface area (Å²) in [6.45, 7) is 2.08. The van der Waals surface area contributed by atoms with Gasteiger partial charge in [-0.3, -0.25) is 29.4 Å². The number of allylic oxidation sites excluding steroid dienone is 1. The summed E-state index contributed by atoms with van der Waals surface area (Å²) in [4.78, 5) is 91.1. The average molecular weight is 1080 g/mol. The molecule has 17 nitrogen and oxygen atoms in total. The molecule has 1 saturated heterocycles. The molecule has 1 aromatic heterocycles. The Morgan fingerprint density at radius 3 is 1.86 bits per heavy atom. The van der Waals surface area contributed by atoms with Crippen LogP contribution in [0.2, 0.25) is 0 Å². The molecule has 0 radical (unpaired) electrons. The highest BCUT2D eigenvalue weighted by Crippen LogP contribution is 2.43. The van der Waals surface area contributed by atoms with Crippen LogP contribution in [0.1, 0.15) is 53.5 Å². The van der Waals surface area contributed by atoms with Crippen molar-refractivity contribution >= 4 is 75.4 Å². The zero-order chi connectivity index (χ0) is 54.6. The number of oxime groups is 1. The number of benzene rings is 6. The van der Waals surface area contributed by atoms with Crippen molar-refractivity contribution in [3.8, 4) is 11.5 Å². The number of hydrogen-bond donors (Lipinski definition) is 3. The molecule has 1 unspecified atom stereocenters. The van der Waals surface area contributed by atoms with Crippen LogP contribution < -0.4 is 25.4 Å². The first-order chi connectivity index (χ1) is 37.9. The second kappa shape index (κ2) is 24.6. The largest absolute Gasteiger partial charge is 0.448 e. The number of rotatable bonds is 19. The molecular weight excluding hydrogens is 1030 g/mol. The number of esters is 3. The highest BCUT2D eigenvalue weighted by Gasteiger charge is 2.55. The molecule has 78 heavy (non-hydrogen) atoms. The summed E-state index contributed by atoms with van der Waals surface area (Å²) in [5, 5.41) is 14.6. The SMILES string of the molecule is CON=C(C(=O)NC1C(=O)N2C(C(=O)OC(c3ccccc3)c3ccccc3)=C(/C=C/COC(=O)Nc3ccc(OC(C)=O)c(OC(C)=O)c3)CS[C@@H]12)c1csc(NC(c2ccccc2)(c2ccccc2)c2ccccc2)n1. The second-order valence-corrected chi connectivity index (χ2v) is 19.4. The Kier molecular flexibility index (Phi) is 16.8. The van der Waals surface area contributed by atoms with Gasteiger partial charge in [-0.1, -0.05) is 163 Å². The molecule has 6 aromatic carbocycles. The number of nitrogens with zero attached hydrogens (tertiary/aromatic N) is 3. The first-order valence-corrected chi connectivity index (χ1v) is 26.3. The van der Waals surface area contributed by atoms with Crippen LogP contribution >= 0.6 is 23.1 Å². The molecule has 0 spiro atoms. The Hall–Kier alpha value is -9.33. The Morgan fingerprint density at radius 1 is 0.756 bits per heavy atom. The summed E-state index contributed by atoms with van der Waals surface area (Å²) < 4.78 is 22.0. The third kappa shape index (κ3) is 12.0. The van der Waals surface area contributed by atoms with Crippen LogP contribution in [0, 0.1) is 0 Å². The highest BCUT2D eigenvalue weighted by molar-refractivity contribution is 8.00. The van der Waals surface area contributed by atoms with Crippen LogP contribution in [-0.2, 0) is 43.8 Å². The lowest BCUT2D eigenvalue weighted by atomic mass is 9.77. The van der Waals surface area contributed by atoms with E-state index in [1.807, 2.05) is 152 Å². The summed E-state index contributed by atoms with van der Waals surface area (Å²) in [7, 11) is 1.31. The van der Waals surface area contributed by atoms with Crippen molar-refractivity contribution in [2.75, 3.05) is 30.1 Å². The number of β-lactam (4-membered cyclic amide) rings is 1. The van der Waals surface area contributed by atoms with Gasteiger partial charge in [-0.05, 0) is 51.6 Å². The van der Waals surface area contributed by atoms with Gasteiger partial charge < -0.3 is 34.4 Å². The lowest BCUT2D eigenvalue weighted by Gasteiger charge is -2.49. The fourth-order valence-corrected chi connectivity index (χ4v) is 11.0. The Bertz CT molecular complexity index is 3280. The van der Waals surface area contributed by atoms with E-state index in [4.69, 9.17) is 28.8 Å². The van der Waals surface area contributed by atoms with Crippen molar-refractivity contribution in [1.29, 1.82) is 0 Å². The van der Waals surface area contributed by atoms with Crippen molar-refractivity contribution < 1.29 is 52.6 Å². The molecule has 0 saturated carbocycles. The summed E-state index contributed by atoms with van der Waals surface area (Å²) in [5.41, 5.74) is 3.82. The van der Waals surface area contributed by atoms with E-state index < -0.39 is 58.9 Å². The molecule has 0 aliphatic carbocycles. The number of amides is 3. The third-order valence-electron chi connectivity index (χ3n) is 12.3. The number of hydrogen-bond acceptors (Lipinski definition) is 16. The van der Waals surface area contributed by atoms with Gasteiger partial charge in [-0.25, -0.2) is 14.6 Å². The van der Waals surface area contributed by atoms with Gasteiger partial charge in [0, 0.05) is 36.7 Å². The molecule has 3 heterocycles. The lowest BCUT2D eigenvalue weighted by molar-refractivity contribution is -0.154. The number of carbonyl (C=O) groups excluding carboxylic acids is 6.